The van der Waals surface area contributed by atoms with Gasteiger partial charge in [0.1, 0.15) is 11.7 Å². The molecule has 0 aromatic rings. The summed E-state index contributed by atoms with van der Waals surface area (Å²) in [5.74, 6) is 0.751. The van der Waals surface area contributed by atoms with Crippen molar-refractivity contribution < 1.29 is 9.84 Å². The van der Waals surface area contributed by atoms with E-state index in [1.165, 1.54) is 0 Å². The summed E-state index contributed by atoms with van der Waals surface area (Å²) in [6.45, 7) is 14.3. The molecule has 2 rings (SSSR count). The van der Waals surface area contributed by atoms with Gasteiger partial charge in [-0.25, -0.2) is 0 Å². The van der Waals surface area contributed by atoms with Gasteiger partial charge in [-0.15, -0.1) is 13.2 Å². The molecule has 18 heavy (non-hydrogen) atoms. The molecular weight excluding hydrogens is 224 g/mol. The Morgan fingerprint density at radius 3 is 2.50 bits per heavy atom. The van der Waals surface area contributed by atoms with Crippen molar-refractivity contribution in [2.75, 3.05) is 0 Å². The number of hydrogen-bond acceptors (Lipinski definition) is 2. The van der Waals surface area contributed by atoms with Crippen LogP contribution in [0, 0.1) is 17.3 Å². The van der Waals surface area contributed by atoms with E-state index in [0.717, 1.165) is 19.3 Å². The second-order valence-corrected chi connectivity index (χ2v) is 6.43. The van der Waals surface area contributed by atoms with Gasteiger partial charge in [0.25, 0.3) is 0 Å². The van der Waals surface area contributed by atoms with Crippen LogP contribution in [0.3, 0.4) is 0 Å². The van der Waals surface area contributed by atoms with Crippen molar-refractivity contribution in [2.24, 2.45) is 17.3 Å². The Kier molecular flexibility index (Phi) is 3.46. The molecule has 2 nitrogen and oxygen atoms in total. The van der Waals surface area contributed by atoms with Crippen LogP contribution < -0.4 is 0 Å². The molecule has 0 aromatic carbocycles. The van der Waals surface area contributed by atoms with Gasteiger partial charge in [0.05, 0.1) is 6.10 Å². The number of rotatable bonds is 6. The summed E-state index contributed by atoms with van der Waals surface area (Å²) in [6, 6.07) is 0. The lowest BCUT2D eigenvalue weighted by atomic mass is 9.65. The van der Waals surface area contributed by atoms with Crippen LogP contribution in [0.4, 0.5) is 0 Å². The zero-order valence-electron chi connectivity index (χ0n) is 11.9. The molecule has 2 aliphatic rings. The smallest absolute Gasteiger partial charge is 0.114 e. The summed E-state index contributed by atoms with van der Waals surface area (Å²) in [5.41, 5.74) is -0.153. The predicted molar refractivity (Wildman–Crippen MR) is 74.3 cm³/mol. The molecule has 1 saturated carbocycles. The third kappa shape index (κ3) is 1.62. The molecule has 1 aliphatic heterocycles. The summed E-state index contributed by atoms with van der Waals surface area (Å²) in [4.78, 5) is 0. The fourth-order valence-corrected chi connectivity index (χ4v) is 4.39. The molecule has 1 aliphatic carbocycles. The van der Waals surface area contributed by atoms with Crippen LogP contribution in [0.1, 0.15) is 40.0 Å². The molecular formula is C16H26O2. The number of aliphatic hydroxyl groups is 1. The van der Waals surface area contributed by atoms with E-state index in [2.05, 4.69) is 33.9 Å². The summed E-state index contributed by atoms with van der Waals surface area (Å²) >= 11 is 0. The van der Waals surface area contributed by atoms with Gasteiger partial charge in [-0.1, -0.05) is 32.9 Å². The number of fused-ring (bicyclic) bond motifs is 1. The van der Waals surface area contributed by atoms with Gasteiger partial charge >= 0.3 is 0 Å². The highest BCUT2D eigenvalue weighted by molar-refractivity contribution is 5.26. The zero-order valence-corrected chi connectivity index (χ0v) is 11.9. The Morgan fingerprint density at radius 2 is 2.00 bits per heavy atom. The first-order valence-corrected chi connectivity index (χ1v) is 7.02. The first kappa shape index (κ1) is 13.8. The summed E-state index contributed by atoms with van der Waals surface area (Å²) in [7, 11) is 0. The quantitative estimate of drug-likeness (QED) is 0.579. The molecule has 0 radical (unpaired) electrons. The Bertz CT molecular complexity index is 349. The third-order valence-electron chi connectivity index (χ3n) is 5.13. The van der Waals surface area contributed by atoms with Gasteiger partial charge in [0.2, 0.25) is 0 Å². The highest BCUT2D eigenvalue weighted by Crippen LogP contribution is 2.68. The number of hydrogen-bond donors (Lipinski definition) is 1. The van der Waals surface area contributed by atoms with Gasteiger partial charge < -0.3 is 9.84 Å². The van der Waals surface area contributed by atoms with E-state index >= 15 is 0 Å². The SMILES string of the molecule is C=CCC[C@]12O[C@@H]1[C@H](O)[C@H](C(C)C)[C@@]2(C)CC=C. The van der Waals surface area contributed by atoms with Crippen molar-refractivity contribution in [3.8, 4) is 0 Å². The van der Waals surface area contributed by atoms with E-state index in [1.807, 2.05) is 12.2 Å². The van der Waals surface area contributed by atoms with Gasteiger partial charge in [-0.2, -0.15) is 0 Å². The number of aliphatic hydroxyl groups excluding tert-OH is 1. The van der Waals surface area contributed by atoms with Crippen LogP contribution in [0.5, 0.6) is 0 Å². The summed E-state index contributed by atoms with van der Waals surface area (Å²) < 4.78 is 5.96. The number of epoxide rings is 1. The first-order chi connectivity index (χ1) is 8.44. The molecule has 0 unspecified atom stereocenters. The van der Waals surface area contributed by atoms with Crippen LogP contribution in [0.25, 0.3) is 0 Å². The van der Waals surface area contributed by atoms with Crippen LogP contribution in [0.2, 0.25) is 0 Å². The second kappa shape index (κ2) is 4.50. The van der Waals surface area contributed by atoms with Gasteiger partial charge in [-0.3, -0.25) is 0 Å². The molecule has 0 amide bonds. The first-order valence-electron chi connectivity index (χ1n) is 7.02. The predicted octanol–water partition coefficient (Wildman–Crippen LogP) is 3.32. The Labute approximate surface area is 111 Å². The fourth-order valence-electron chi connectivity index (χ4n) is 4.39. The van der Waals surface area contributed by atoms with Crippen molar-refractivity contribution in [2.45, 2.75) is 57.8 Å². The van der Waals surface area contributed by atoms with E-state index in [4.69, 9.17) is 4.74 Å². The van der Waals surface area contributed by atoms with Gasteiger partial charge in [-0.05, 0) is 31.1 Å². The van der Waals surface area contributed by atoms with Crippen molar-refractivity contribution in [1.82, 2.24) is 0 Å². The zero-order chi connectivity index (χ0) is 13.6. The second-order valence-electron chi connectivity index (χ2n) is 6.43. The van der Waals surface area contributed by atoms with E-state index in [-0.39, 0.29) is 23.2 Å². The van der Waals surface area contributed by atoms with Gasteiger partial charge in [0.15, 0.2) is 0 Å². The average Bonchev–Trinajstić information content (AvgIpc) is 2.98. The molecule has 0 spiro atoms. The maximum atomic E-state index is 10.5. The topological polar surface area (TPSA) is 32.8 Å². The molecule has 1 heterocycles. The molecule has 0 aromatic heterocycles. The largest absolute Gasteiger partial charge is 0.390 e. The molecule has 5 atom stereocenters. The van der Waals surface area contributed by atoms with Gasteiger partial charge in [0, 0.05) is 5.41 Å². The van der Waals surface area contributed by atoms with E-state index in [1.54, 1.807) is 0 Å². The number of allylic oxidation sites excluding steroid dienone is 2. The minimum atomic E-state index is -0.334. The molecule has 1 saturated heterocycles. The number of ether oxygens (including phenoxy) is 1. The minimum Gasteiger partial charge on any atom is -0.390 e. The average molecular weight is 250 g/mol. The van der Waals surface area contributed by atoms with Crippen molar-refractivity contribution in [3.63, 3.8) is 0 Å². The lowest BCUT2D eigenvalue weighted by Crippen LogP contribution is -2.42. The molecule has 102 valence electrons. The summed E-state index contributed by atoms with van der Waals surface area (Å²) in [5, 5.41) is 10.5. The van der Waals surface area contributed by atoms with E-state index < -0.39 is 0 Å². The molecule has 0 bridgehead atoms. The Balaban J connectivity index is 2.32. The lowest BCUT2D eigenvalue weighted by molar-refractivity contribution is -0.0467. The van der Waals surface area contributed by atoms with Crippen LogP contribution >= 0.6 is 0 Å². The van der Waals surface area contributed by atoms with Crippen molar-refractivity contribution in [1.29, 1.82) is 0 Å². The van der Waals surface area contributed by atoms with Crippen LogP contribution in [-0.2, 0) is 4.74 Å². The standard InChI is InChI=1S/C16H26O2/c1-6-8-10-16-14(18-16)13(17)12(11(3)4)15(16,5)9-7-2/h6-7,11-14,17H,1-2,8-10H2,3-5H3/t12-,13+,14+,15+,16-/m0/s1. The normalized spacial score (nSPS) is 45.9. The Hall–Kier alpha value is -0.600. The highest BCUT2D eigenvalue weighted by atomic mass is 16.6. The maximum absolute atomic E-state index is 10.5. The van der Waals surface area contributed by atoms with Crippen LogP contribution in [0.15, 0.2) is 25.3 Å². The lowest BCUT2D eigenvalue weighted by Gasteiger charge is -2.41. The van der Waals surface area contributed by atoms with E-state index in [0.29, 0.717) is 11.8 Å². The minimum absolute atomic E-state index is 0.00396. The maximum Gasteiger partial charge on any atom is 0.114 e. The monoisotopic (exact) mass is 250 g/mol. The van der Waals surface area contributed by atoms with E-state index in [9.17, 15) is 5.11 Å². The highest BCUT2D eigenvalue weighted by Gasteiger charge is 2.77. The van der Waals surface area contributed by atoms with Crippen molar-refractivity contribution >= 4 is 0 Å². The van der Waals surface area contributed by atoms with Crippen molar-refractivity contribution in [3.05, 3.63) is 25.3 Å². The van der Waals surface area contributed by atoms with Crippen LogP contribution in [-0.4, -0.2) is 22.9 Å². The molecule has 2 fully saturated rings. The summed E-state index contributed by atoms with van der Waals surface area (Å²) in [6.07, 6.45) is 6.42. The molecule has 1 N–H and O–H groups in total. The fraction of sp³-hybridized carbons (Fsp3) is 0.750. The Morgan fingerprint density at radius 1 is 1.33 bits per heavy atom. The third-order valence-corrected chi connectivity index (χ3v) is 5.13. The molecule has 2 heteroatoms.